The highest BCUT2D eigenvalue weighted by atomic mass is 32.1. The van der Waals surface area contributed by atoms with Gasteiger partial charge in [0.05, 0.1) is 12.6 Å². The summed E-state index contributed by atoms with van der Waals surface area (Å²) in [6, 6.07) is 12.4. The number of hydrogen-bond acceptors (Lipinski definition) is 3. The molecule has 1 aromatic carbocycles. The van der Waals surface area contributed by atoms with Crippen LogP contribution in [0.5, 0.6) is 0 Å². The van der Waals surface area contributed by atoms with Crippen LogP contribution in [0.3, 0.4) is 0 Å². The second kappa shape index (κ2) is 8.70. The van der Waals surface area contributed by atoms with E-state index in [-0.39, 0.29) is 30.3 Å². The van der Waals surface area contributed by atoms with Crippen molar-refractivity contribution in [2.75, 3.05) is 19.6 Å². The summed E-state index contributed by atoms with van der Waals surface area (Å²) >= 11 is 1.78. The van der Waals surface area contributed by atoms with E-state index < -0.39 is 0 Å². The summed E-state index contributed by atoms with van der Waals surface area (Å²) in [5.41, 5.74) is 2.38. The van der Waals surface area contributed by atoms with Crippen molar-refractivity contribution in [3.8, 4) is 0 Å². The first-order valence-corrected chi connectivity index (χ1v) is 11.6. The van der Waals surface area contributed by atoms with Gasteiger partial charge in [0.15, 0.2) is 0 Å². The summed E-state index contributed by atoms with van der Waals surface area (Å²) in [5.74, 6) is 0.699. The molecular formula is C24H30N2O2S. The number of carbonyl (C=O) groups excluding carboxylic acids is 2. The van der Waals surface area contributed by atoms with Gasteiger partial charge in [-0.1, -0.05) is 50.6 Å². The lowest BCUT2D eigenvalue weighted by molar-refractivity contribution is -0.146. The molecule has 0 radical (unpaired) electrons. The summed E-state index contributed by atoms with van der Waals surface area (Å²) in [6.45, 7) is 5.76. The summed E-state index contributed by atoms with van der Waals surface area (Å²) in [7, 11) is 0. The minimum absolute atomic E-state index is 0.0570. The van der Waals surface area contributed by atoms with Crippen LogP contribution in [0, 0.1) is 11.8 Å². The highest BCUT2D eigenvalue weighted by Gasteiger charge is 2.35. The van der Waals surface area contributed by atoms with Gasteiger partial charge < -0.3 is 9.80 Å². The molecule has 1 aliphatic carbocycles. The average Bonchev–Trinajstić information content (AvgIpc) is 3.14. The molecule has 2 aromatic rings. The predicted molar refractivity (Wildman–Crippen MR) is 117 cm³/mol. The Morgan fingerprint density at radius 1 is 1.17 bits per heavy atom. The van der Waals surface area contributed by atoms with Gasteiger partial charge in [0.2, 0.25) is 11.8 Å². The number of amides is 2. The Bertz CT molecular complexity index is 857. The fraction of sp³-hybridized carbons (Fsp3) is 0.500. The molecule has 4 nitrogen and oxygen atoms in total. The van der Waals surface area contributed by atoms with Crippen molar-refractivity contribution in [3.05, 3.63) is 57.8 Å². The Labute approximate surface area is 177 Å². The molecule has 0 saturated heterocycles. The Hall–Kier alpha value is -2.14. The standard InChI is InChI=1S/C24H30N2O2S/c1-17(2)15-25(24(28)19-9-6-10-19)16-22(27)26-13-11-21-20(12-14-29-21)23(26)18-7-4-3-5-8-18/h3-5,7-8,12,14,17,19,23H,6,9-11,13,15-16H2,1-2H3. The third-order valence-electron chi connectivity index (χ3n) is 6.08. The summed E-state index contributed by atoms with van der Waals surface area (Å²) in [4.78, 5) is 31.6. The lowest BCUT2D eigenvalue weighted by Crippen LogP contribution is -2.49. The predicted octanol–water partition coefficient (Wildman–Crippen LogP) is 4.51. The topological polar surface area (TPSA) is 40.6 Å². The van der Waals surface area contributed by atoms with Crippen LogP contribution in [0.25, 0.3) is 0 Å². The van der Waals surface area contributed by atoms with Gasteiger partial charge >= 0.3 is 0 Å². The zero-order valence-corrected chi connectivity index (χ0v) is 18.2. The van der Waals surface area contributed by atoms with Crippen molar-refractivity contribution < 1.29 is 9.59 Å². The van der Waals surface area contributed by atoms with E-state index in [1.165, 1.54) is 10.4 Å². The Balaban J connectivity index is 1.57. The number of rotatable bonds is 6. The van der Waals surface area contributed by atoms with Crippen LogP contribution in [0.2, 0.25) is 0 Å². The van der Waals surface area contributed by atoms with Gasteiger partial charge in [-0.05, 0) is 47.8 Å². The molecule has 5 heteroatoms. The number of fused-ring (bicyclic) bond motifs is 1. The zero-order valence-electron chi connectivity index (χ0n) is 17.3. The number of nitrogens with zero attached hydrogens (tertiary/aromatic N) is 2. The first-order valence-electron chi connectivity index (χ1n) is 10.7. The molecule has 1 unspecified atom stereocenters. The van der Waals surface area contributed by atoms with Gasteiger partial charge in [-0.25, -0.2) is 0 Å². The molecule has 1 atom stereocenters. The van der Waals surface area contributed by atoms with Gasteiger partial charge in [-0.15, -0.1) is 11.3 Å². The van der Waals surface area contributed by atoms with Crippen LogP contribution in [-0.4, -0.2) is 41.2 Å². The van der Waals surface area contributed by atoms with E-state index >= 15 is 0 Å². The van der Waals surface area contributed by atoms with Crippen LogP contribution in [0.15, 0.2) is 41.8 Å². The molecule has 1 fully saturated rings. The lowest BCUT2D eigenvalue weighted by Gasteiger charge is -2.39. The molecule has 29 heavy (non-hydrogen) atoms. The van der Waals surface area contributed by atoms with Crippen molar-refractivity contribution >= 4 is 23.2 Å². The first kappa shape index (κ1) is 20.1. The maximum absolute atomic E-state index is 13.5. The smallest absolute Gasteiger partial charge is 0.242 e. The molecule has 1 aromatic heterocycles. The Morgan fingerprint density at radius 2 is 1.93 bits per heavy atom. The van der Waals surface area contributed by atoms with Gasteiger partial charge in [-0.2, -0.15) is 0 Å². The minimum Gasteiger partial charge on any atom is -0.333 e. The van der Waals surface area contributed by atoms with Crippen LogP contribution >= 0.6 is 11.3 Å². The van der Waals surface area contributed by atoms with E-state index in [0.717, 1.165) is 31.2 Å². The van der Waals surface area contributed by atoms with E-state index in [4.69, 9.17) is 0 Å². The molecule has 154 valence electrons. The third kappa shape index (κ3) is 4.25. The molecule has 1 aliphatic heterocycles. The maximum atomic E-state index is 13.5. The zero-order chi connectivity index (χ0) is 20.4. The normalized spacial score (nSPS) is 19.0. The van der Waals surface area contributed by atoms with E-state index in [9.17, 15) is 9.59 Å². The fourth-order valence-corrected chi connectivity index (χ4v) is 5.32. The average molecular weight is 411 g/mol. The number of thiophene rings is 1. The van der Waals surface area contributed by atoms with Crippen LogP contribution in [0.4, 0.5) is 0 Å². The first-order chi connectivity index (χ1) is 14.0. The fourth-order valence-electron chi connectivity index (χ4n) is 4.42. The lowest BCUT2D eigenvalue weighted by atomic mass is 9.84. The van der Waals surface area contributed by atoms with E-state index in [0.29, 0.717) is 19.0 Å². The van der Waals surface area contributed by atoms with Gasteiger partial charge in [0, 0.05) is 23.9 Å². The van der Waals surface area contributed by atoms with Crippen molar-refractivity contribution in [1.29, 1.82) is 0 Å². The van der Waals surface area contributed by atoms with Crippen LogP contribution in [-0.2, 0) is 16.0 Å². The monoisotopic (exact) mass is 410 g/mol. The van der Waals surface area contributed by atoms with E-state index in [1.54, 1.807) is 11.3 Å². The van der Waals surface area contributed by atoms with Gasteiger partial charge in [0.25, 0.3) is 0 Å². The highest BCUT2D eigenvalue weighted by molar-refractivity contribution is 7.10. The SMILES string of the molecule is CC(C)CN(CC(=O)N1CCc2sccc2C1c1ccccc1)C(=O)C1CCC1. The maximum Gasteiger partial charge on any atom is 0.242 e. The van der Waals surface area contributed by atoms with E-state index in [2.05, 4.69) is 37.4 Å². The van der Waals surface area contributed by atoms with Crippen molar-refractivity contribution in [3.63, 3.8) is 0 Å². The Kier molecular flexibility index (Phi) is 6.04. The summed E-state index contributed by atoms with van der Waals surface area (Å²) < 4.78 is 0. The van der Waals surface area contributed by atoms with E-state index in [1.807, 2.05) is 28.0 Å². The van der Waals surface area contributed by atoms with Crippen molar-refractivity contribution in [2.45, 2.75) is 45.6 Å². The quantitative estimate of drug-likeness (QED) is 0.703. The molecule has 4 rings (SSSR count). The highest BCUT2D eigenvalue weighted by Crippen LogP contribution is 2.38. The minimum atomic E-state index is -0.0570. The van der Waals surface area contributed by atoms with Gasteiger partial charge in [0.1, 0.15) is 0 Å². The molecule has 0 N–H and O–H groups in total. The second-order valence-corrected chi connectivity index (χ2v) is 9.69. The molecule has 1 saturated carbocycles. The number of benzene rings is 1. The molecular weight excluding hydrogens is 380 g/mol. The second-order valence-electron chi connectivity index (χ2n) is 8.69. The third-order valence-corrected chi connectivity index (χ3v) is 7.08. The molecule has 2 amide bonds. The largest absolute Gasteiger partial charge is 0.333 e. The van der Waals surface area contributed by atoms with Crippen molar-refractivity contribution in [2.24, 2.45) is 11.8 Å². The summed E-state index contributed by atoms with van der Waals surface area (Å²) in [6.07, 6.45) is 3.96. The number of hydrogen-bond donors (Lipinski definition) is 0. The molecule has 2 aliphatic rings. The van der Waals surface area contributed by atoms with Crippen LogP contribution < -0.4 is 0 Å². The van der Waals surface area contributed by atoms with Crippen LogP contribution in [0.1, 0.15) is 55.2 Å². The summed E-state index contributed by atoms with van der Waals surface area (Å²) in [5, 5.41) is 2.12. The van der Waals surface area contributed by atoms with Gasteiger partial charge in [-0.3, -0.25) is 9.59 Å². The number of carbonyl (C=O) groups is 2. The molecule has 0 bridgehead atoms. The van der Waals surface area contributed by atoms with Crippen molar-refractivity contribution in [1.82, 2.24) is 9.80 Å². The molecule has 0 spiro atoms. The Morgan fingerprint density at radius 3 is 2.59 bits per heavy atom. The molecule has 2 heterocycles.